The summed E-state index contributed by atoms with van der Waals surface area (Å²) in [5.41, 5.74) is 1.01. The molecule has 3 rings (SSSR count). The third kappa shape index (κ3) is 4.39. The molecule has 8 nitrogen and oxygen atoms in total. The van der Waals surface area contributed by atoms with Crippen molar-refractivity contribution >= 4 is 18.2 Å². The van der Waals surface area contributed by atoms with Crippen molar-refractivity contribution in [2.75, 3.05) is 38.2 Å². The molecule has 2 aliphatic rings. The van der Waals surface area contributed by atoms with Crippen LogP contribution in [0, 0.1) is 5.41 Å². The van der Waals surface area contributed by atoms with Gasteiger partial charge in [-0.15, -0.1) is 0 Å². The van der Waals surface area contributed by atoms with E-state index in [0.717, 1.165) is 25.2 Å². The van der Waals surface area contributed by atoms with E-state index in [-0.39, 0.29) is 19.0 Å². The zero-order valence-corrected chi connectivity index (χ0v) is 16.0. The second-order valence-corrected chi connectivity index (χ2v) is 7.26. The quantitative estimate of drug-likeness (QED) is 0.662. The molecule has 0 aromatic carbocycles. The van der Waals surface area contributed by atoms with Gasteiger partial charge in [0.05, 0.1) is 12.7 Å². The topological polar surface area (TPSA) is 114 Å². The molecule has 1 aromatic rings. The summed E-state index contributed by atoms with van der Waals surface area (Å²) in [5, 5.41) is 27.1. The molecule has 0 aliphatic carbocycles. The summed E-state index contributed by atoms with van der Waals surface area (Å²) in [4.78, 5) is 29.6. The van der Waals surface area contributed by atoms with Gasteiger partial charge >= 0.3 is 0 Å². The van der Waals surface area contributed by atoms with Crippen molar-refractivity contribution in [3.8, 4) is 0 Å². The maximum atomic E-state index is 12.9. The fraction of sp³-hybridized carbons (Fsp3) is 0.632. The number of likely N-dealkylation sites (N-methyl/N-ethyl adjacent to an activating group) is 1. The van der Waals surface area contributed by atoms with E-state index in [1.807, 2.05) is 20.0 Å². The van der Waals surface area contributed by atoms with Crippen LogP contribution < -0.4 is 4.90 Å². The largest absolute Gasteiger partial charge is 0.483 e. The summed E-state index contributed by atoms with van der Waals surface area (Å²) in [6.45, 7) is 3.49. The van der Waals surface area contributed by atoms with E-state index in [4.69, 9.17) is 9.90 Å². The van der Waals surface area contributed by atoms with Gasteiger partial charge in [0.25, 0.3) is 12.4 Å². The molecule has 27 heavy (non-hydrogen) atoms. The first-order valence-electron chi connectivity index (χ1n) is 9.29. The second kappa shape index (κ2) is 9.14. The first-order valence-corrected chi connectivity index (χ1v) is 9.29. The Bertz CT molecular complexity index is 669. The maximum Gasteiger partial charge on any atom is 0.290 e. The molecule has 0 spiro atoms. The highest BCUT2D eigenvalue weighted by atomic mass is 16.3. The Labute approximate surface area is 159 Å². The van der Waals surface area contributed by atoms with E-state index in [1.165, 1.54) is 5.56 Å². The van der Waals surface area contributed by atoms with Gasteiger partial charge in [0.2, 0.25) is 0 Å². The third-order valence-corrected chi connectivity index (χ3v) is 5.49. The lowest BCUT2D eigenvalue weighted by atomic mass is 9.74. The molecule has 1 fully saturated rings. The Morgan fingerprint density at radius 1 is 1.41 bits per heavy atom. The van der Waals surface area contributed by atoms with E-state index in [2.05, 4.69) is 9.88 Å². The van der Waals surface area contributed by atoms with Crippen molar-refractivity contribution in [2.45, 2.75) is 38.7 Å². The highest BCUT2D eigenvalue weighted by Gasteiger charge is 2.43. The van der Waals surface area contributed by atoms with Crippen LogP contribution in [0.25, 0.3) is 0 Å². The predicted molar refractivity (Wildman–Crippen MR) is 101 cm³/mol. The minimum atomic E-state index is -0.615. The fourth-order valence-electron chi connectivity index (χ4n) is 3.98. The Morgan fingerprint density at radius 3 is 2.74 bits per heavy atom. The number of carboxylic acid groups (broad SMARTS) is 1. The van der Waals surface area contributed by atoms with Crippen LogP contribution in [-0.4, -0.2) is 77.0 Å². The number of aromatic nitrogens is 1. The molecule has 0 bridgehead atoms. The van der Waals surface area contributed by atoms with Crippen LogP contribution in [0.15, 0.2) is 12.1 Å². The normalized spacial score (nSPS) is 24.1. The molecular weight excluding hydrogens is 350 g/mol. The molecule has 150 valence electrons. The zero-order chi connectivity index (χ0) is 20.0. The van der Waals surface area contributed by atoms with Crippen molar-refractivity contribution in [3.63, 3.8) is 0 Å². The van der Waals surface area contributed by atoms with Crippen molar-refractivity contribution in [3.05, 3.63) is 23.4 Å². The number of carbonyl (C=O) groups excluding carboxylic acids is 1. The van der Waals surface area contributed by atoms with Crippen LogP contribution in [0.5, 0.6) is 0 Å². The summed E-state index contributed by atoms with van der Waals surface area (Å²) >= 11 is 0. The molecule has 0 saturated carbocycles. The SMILES string of the molecule is CCC[C@@]1(CO)CN(C(=O)c2ccc3c(n2)N(C)CC3)CC[C@H]1O.O=CO. The van der Waals surface area contributed by atoms with E-state index >= 15 is 0 Å². The number of nitrogens with zero attached hydrogens (tertiary/aromatic N) is 3. The number of hydrogen-bond acceptors (Lipinski definition) is 6. The number of carbonyl (C=O) groups is 2. The molecule has 0 radical (unpaired) electrons. The summed E-state index contributed by atoms with van der Waals surface area (Å²) in [6, 6.07) is 3.79. The summed E-state index contributed by atoms with van der Waals surface area (Å²) in [7, 11) is 1.99. The Morgan fingerprint density at radius 2 is 2.11 bits per heavy atom. The van der Waals surface area contributed by atoms with E-state index < -0.39 is 11.5 Å². The molecule has 0 unspecified atom stereocenters. The van der Waals surface area contributed by atoms with Crippen molar-refractivity contribution < 1.29 is 24.9 Å². The van der Waals surface area contributed by atoms with Crippen LogP contribution in [0.4, 0.5) is 5.82 Å². The van der Waals surface area contributed by atoms with Crippen LogP contribution in [0.2, 0.25) is 0 Å². The van der Waals surface area contributed by atoms with Gasteiger partial charge in [-0.2, -0.15) is 0 Å². The summed E-state index contributed by atoms with van der Waals surface area (Å²) in [5.74, 6) is 0.777. The minimum Gasteiger partial charge on any atom is -0.483 e. The van der Waals surface area contributed by atoms with Crippen molar-refractivity contribution in [1.29, 1.82) is 0 Å². The third-order valence-electron chi connectivity index (χ3n) is 5.49. The van der Waals surface area contributed by atoms with E-state index in [0.29, 0.717) is 31.6 Å². The average molecular weight is 379 g/mol. The number of pyridine rings is 1. The monoisotopic (exact) mass is 379 g/mol. The average Bonchev–Trinajstić information content (AvgIpc) is 3.04. The van der Waals surface area contributed by atoms with Gasteiger partial charge in [0.1, 0.15) is 11.5 Å². The van der Waals surface area contributed by atoms with Gasteiger partial charge < -0.3 is 25.1 Å². The molecule has 1 aromatic heterocycles. The molecule has 1 saturated heterocycles. The molecule has 3 heterocycles. The smallest absolute Gasteiger partial charge is 0.290 e. The lowest BCUT2D eigenvalue weighted by molar-refractivity contribution is -0.122. The molecule has 8 heteroatoms. The van der Waals surface area contributed by atoms with Crippen molar-refractivity contribution in [1.82, 2.24) is 9.88 Å². The number of aliphatic hydroxyl groups is 2. The Balaban J connectivity index is 0.000000817. The lowest BCUT2D eigenvalue weighted by Crippen LogP contribution is -2.55. The van der Waals surface area contributed by atoms with E-state index in [1.54, 1.807) is 11.0 Å². The predicted octanol–water partition coefficient (Wildman–Crippen LogP) is 0.760. The molecule has 3 N–H and O–H groups in total. The number of likely N-dealkylation sites (tertiary alicyclic amines) is 1. The van der Waals surface area contributed by atoms with Gasteiger partial charge in [0, 0.05) is 32.1 Å². The molecule has 1 amide bonds. The summed E-state index contributed by atoms with van der Waals surface area (Å²) in [6.07, 6.45) is 2.46. The zero-order valence-electron chi connectivity index (χ0n) is 16.0. The van der Waals surface area contributed by atoms with Crippen LogP contribution >= 0.6 is 0 Å². The van der Waals surface area contributed by atoms with Crippen molar-refractivity contribution in [2.24, 2.45) is 5.41 Å². The minimum absolute atomic E-state index is 0.105. The van der Waals surface area contributed by atoms with Gasteiger partial charge in [0.15, 0.2) is 0 Å². The molecule has 2 atom stereocenters. The first kappa shape index (κ1) is 21.1. The summed E-state index contributed by atoms with van der Waals surface area (Å²) < 4.78 is 0. The van der Waals surface area contributed by atoms with Gasteiger partial charge in [-0.3, -0.25) is 9.59 Å². The van der Waals surface area contributed by atoms with E-state index in [9.17, 15) is 15.0 Å². The highest BCUT2D eigenvalue weighted by molar-refractivity contribution is 5.93. The number of fused-ring (bicyclic) bond motifs is 1. The fourth-order valence-corrected chi connectivity index (χ4v) is 3.98. The number of hydrogen-bond donors (Lipinski definition) is 3. The molecular formula is C19H29N3O5. The highest BCUT2D eigenvalue weighted by Crippen LogP contribution is 2.35. The number of piperidine rings is 1. The Kier molecular flexibility index (Phi) is 7.15. The van der Waals surface area contributed by atoms with Gasteiger partial charge in [-0.05, 0) is 30.9 Å². The Hall–Kier alpha value is -2.19. The van der Waals surface area contributed by atoms with Crippen LogP contribution in [0.1, 0.15) is 42.2 Å². The lowest BCUT2D eigenvalue weighted by Gasteiger charge is -2.45. The van der Waals surface area contributed by atoms with Gasteiger partial charge in [-0.25, -0.2) is 4.98 Å². The second-order valence-electron chi connectivity index (χ2n) is 7.26. The number of rotatable bonds is 4. The number of amides is 1. The van der Waals surface area contributed by atoms with Crippen LogP contribution in [-0.2, 0) is 11.2 Å². The van der Waals surface area contributed by atoms with Crippen LogP contribution in [0.3, 0.4) is 0 Å². The molecule has 2 aliphatic heterocycles. The van der Waals surface area contributed by atoms with Gasteiger partial charge in [-0.1, -0.05) is 19.4 Å². The first-order chi connectivity index (χ1) is 12.9. The number of aliphatic hydroxyl groups excluding tert-OH is 2. The standard InChI is InChI=1S/C18H27N3O3.CH2O2/c1-3-8-18(12-22)11-21(10-7-15(18)23)17(24)14-5-4-13-6-9-20(2)16(13)19-14;2-1-3/h4-5,15,22-23H,3,6-12H2,1-2H3;1H,(H,2,3)/t15-,18+;/m1./s1. The maximum absolute atomic E-state index is 12.9. The number of anilines is 1.